The van der Waals surface area contributed by atoms with Crippen molar-refractivity contribution in [2.24, 2.45) is 0 Å². The Kier molecular flexibility index (Phi) is 4.78. The number of thioether (sulfide) groups is 1. The molecule has 72 valence electrons. The van der Waals surface area contributed by atoms with Crippen LogP contribution in [0.25, 0.3) is 0 Å². The monoisotopic (exact) mass is 197 g/mol. The second-order valence-corrected chi connectivity index (χ2v) is 3.84. The molecule has 1 N–H and O–H groups in total. The molecule has 0 aliphatic carbocycles. The van der Waals surface area contributed by atoms with Gasteiger partial charge in [0.05, 0.1) is 5.69 Å². The van der Waals surface area contributed by atoms with Crippen LogP contribution in [-0.4, -0.2) is 28.0 Å². The van der Waals surface area contributed by atoms with Gasteiger partial charge in [-0.3, -0.25) is 9.97 Å². The molecule has 1 aromatic heterocycles. The average Bonchev–Trinajstić information content (AvgIpc) is 2.17. The highest BCUT2D eigenvalue weighted by Crippen LogP contribution is 1.97. The summed E-state index contributed by atoms with van der Waals surface area (Å²) in [6, 6.07) is 0.525. The van der Waals surface area contributed by atoms with Crippen LogP contribution in [0.5, 0.6) is 0 Å². The van der Waals surface area contributed by atoms with Gasteiger partial charge in [-0.15, -0.1) is 0 Å². The molecule has 1 heterocycles. The average molecular weight is 197 g/mol. The van der Waals surface area contributed by atoms with Crippen molar-refractivity contribution in [3.63, 3.8) is 0 Å². The van der Waals surface area contributed by atoms with Gasteiger partial charge in [-0.05, 0) is 13.2 Å². The topological polar surface area (TPSA) is 37.8 Å². The molecule has 0 aliphatic heterocycles. The van der Waals surface area contributed by atoms with Gasteiger partial charge in [-0.1, -0.05) is 0 Å². The SMILES string of the molecule is CSCC(C)NCc1cnccn1. The molecule has 1 atom stereocenters. The summed E-state index contributed by atoms with van der Waals surface area (Å²) >= 11 is 1.85. The lowest BCUT2D eigenvalue weighted by Crippen LogP contribution is -2.27. The van der Waals surface area contributed by atoms with E-state index in [4.69, 9.17) is 0 Å². The molecule has 0 saturated heterocycles. The molecule has 0 aliphatic rings. The summed E-state index contributed by atoms with van der Waals surface area (Å²) in [7, 11) is 0. The summed E-state index contributed by atoms with van der Waals surface area (Å²) in [6.45, 7) is 2.97. The maximum atomic E-state index is 4.18. The van der Waals surface area contributed by atoms with E-state index in [1.54, 1.807) is 18.6 Å². The van der Waals surface area contributed by atoms with Gasteiger partial charge in [0.25, 0.3) is 0 Å². The van der Waals surface area contributed by atoms with Gasteiger partial charge < -0.3 is 5.32 Å². The van der Waals surface area contributed by atoms with Crippen molar-refractivity contribution in [3.8, 4) is 0 Å². The Bertz CT molecular complexity index is 228. The Morgan fingerprint density at radius 2 is 2.38 bits per heavy atom. The quantitative estimate of drug-likeness (QED) is 0.772. The molecule has 0 radical (unpaired) electrons. The third kappa shape index (κ3) is 4.24. The predicted octanol–water partition coefficient (Wildman–Crippen LogP) is 1.32. The van der Waals surface area contributed by atoms with Crippen LogP contribution in [0.15, 0.2) is 18.6 Å². The lowest BCUT2D eigenvalue weighted by molar-refractivity contribution is 0.587. The van der Waals surface area contributed by atoms with Crippen LogP contribution in [0.1, 0.15) is 12.6 Å². The van der Waals surface area contributed by atoms with E-state index in [0.29, 0.717) is 6.04 Å². The maximum Gasteiger partial charge on any atom is 0.0724 e. The van der Waals surface area contributed by atoms with Gasteiger partial charge in [-0.2, -0.15) is 11.8 Å². The molecular formula is C9H15N3S. The largest absolute Gasteiger partial charge is 0.308 e. The van der Waals surface area contributed by atoms with Gasteiger partial charge >= 0.3 is 0 Å². The van der Waals surface area contributed by atoms with Gasteiger partial charge in [0, 0.05) is 36.9 Å². The Hall–Kier alpha value is -0.610. The van der Waals surface area contributed by atoms with E-state index < -0.39 is 0 Å². The summed E-state index contributed by atoms with van der Waals surface area (Å²) in [5.74, 6) is 1.13. The first-order valence-corrected chi connectivity index (χ1v) is 5.69. The van der Waals surface area contributed by atoms with E-state index in [0.717, 1.165) is 18.0 Å². The highest BCUT2D eigenvalue weighted by atomic mass is 32.2. The second kappa shape index (κ2) is 5.94. The van der Waals surface area contributed by atoms with Crippen LogP contribution >= 0.6 is 11.8 Å². The van der Waals surface area contributed by atoms with E-state index >= 15 is 0 Å². The van der Waals surface area contributed by atoms with Crippen LogP contribution in [0.3, 0.4) is 0 Å². The maximum absolute atomic E-state index is 4.18. The lowest BCUT2D eigenvalue weighted by atomic mass is 10.3. The minimum atomic E-state index is 0.525. The van der Waals surface area contributed by atoms with Crippen molar-refractivity contribution in [1.29, 1.82) is 0 Å². The minimum absolute atomic E-state index is 0.525. The smallest absolute Gasteiger partial charge is 0.0724 e. The van der Waals surface area contributed by atoms with Crippen LogP contribution in [0, 0.1) is 0 Å². The zero-order chi connectivity index (χ0) is 9.52. The first-order chi connectivity index (χ1) is 6.33. The Morgan fingerprint density at radius 1 is 1.54 bits per heavy atom. The number of hydrogen-bond acceptors (Lipinski definition) is 4. The summed E-state index contributed by atoms with van der Waals surface area (Å²) in [5, 5.41) is 3.38. The number of nitrogens with zero attached hydrogens (tertiary/aromatic N) is 2. The molecule has 0 fully saturated rings. The van der Waals surface area contributed by atoms with E-state index in [-0.39, 0.29) is 0 Å². The molecular weight excluding hydrogens is 182 g/mol. The first kappa shape index (κ1) is 10.5. The molecule has 1 aromatic rings. The van der Waals surface area contributed by atoms with Crippen molar-refractivity contribution in [2.75, 3.05) is 12.0 Å². The van der Waals surface area contributed by atoms with Crippen molar-refractivity contribution < 1.29 is 0 Å². The van der Waals surface area contributed by atoms with Gasteiger partial charge in [0.2, 0.25) is 0 Å². The molecule has 0 spiro atoms. The number of aromatic nitrogens is 2. The molecule has 1 rings (SSSR count). The molecule has 0 aromatic carbocycles. The normalized spacial score (nSPS) is 12.8. The zero-order valence-electron chi connectivity index (χ0n) is 8.03. The van der Waals surface area contributed by atoms with Crippen LogP contribution in [-0.2, 0) is 6.54 Å². The van der Waals surface area contributed by atoms with Gasteiger partial charge in [0.15, 0.2) is 0 Å². The fourth-order valence-corrected chi connectivity index (χ4v) is 1.63. The van der Waals surface area contributed by atoms with E-state index in [2.05, 4.69) is 28.5 Å². The van der Waals surface area contributed by atoms with Crippen molar-refractivity contribution in [2.45, 2.75) is 19.5 Å². The highest BCUT2D eigenvalue weighted by molar-refractivity contribution is 7.98. The molecule has 4 heteroatoms. The summed E-state index contributed by atoms with van der Waals surface area (Å²) in [5.41, 5.74) is 0.996. The van der Waals surface area contributed by atoms with Crippen LogP contribution in [0.2, 0.25) is 0 Å². The van der Waals surface area contributed by atoms with E-state index in [1.807, 2.05) is 11.8 Å². The van der Waals surface area contributed by atoms with Crippen molar-refractivity contribution in [3.05, 3.63) is 24.3 Å². The van der Waals surface area contributed by atoms with E-state index in [9.17, 15) is 0 Å². The third-order valence-electron chi connectivity index (χ3n) is 1.66. The number of rotatable bonds is 5. The van der Waals surface area contributed by atoms with Gasteiger partial charge in [-0.25, -0.2) is 0 Å². The summed E-state index contributed by atoms with van der Waals surface area (Å²) < 4.78 is 0. The fraction of sp³-hybridized carbons (Fsp3) is 0.556. The molecule has 0 amide bonds. The van der Waals surface area contributed by atoms with Crippen molar-refractivity contribution in [1.82, 2.24) is 15.3 Å². The molecule has 0 bridgehead atoms. The van der Waals surface area contributed by atoms with Crippen LogP contribution in [0.4, 0.5) is 0 Å². The number of nitrogens with one attached hydrogen (secondary N) is 1. The highest BCUT2D eigenvalue weighted by Gasteiger charge is 1.99. The number of hydrogen-bond donors (Lipinski definition) is 1. The Balaban J connectivity index is 2.27. The second-order valence-electron chi connectivity index (χ2n) is 2.93. The fourth-order valence-electron chi connectivity index (χ4n) is 1.01. The van der Waals surface area contributed by atoms with Gasteiger partial charge in [0.1, 0.15) is 0 Å². The first-order valence-electron chi connectivity index (χ1n) is 4.30. The Labute approximate surface area is 83.4 Å². The van der Waals surface area contributed by atoms with Crippen LogP contribution < -0.4 is 5.32 Å². The molecule has 13 heavy (non-hydrogen) atoms. The summed E-state index contributed by atoms with van der Waals surface area (Å²) in [6.07, 6.45) is 7.31. The standard InChI is InChI=1S/C9H15N3S/c1-8(7-13-2)12-6-9-5-10-3-4-11-9/h3-5,8,12H,6-7H2,1-2H3. The summed E-state index contributed by atoms with van der Waals surface area (Å²) in [4.78, 5) is 8.18. The molecule has 0 saturated carbocycles. The third-order valence-corrected chi connectivity index (χ3v) is 2.50. The van der Waals surface area contributed by atoms with E-state index in [1.165, 1.54) is 0 Å². The predicted molar refractivity (Wildman–Crippen MR) is 56.7 cm³/mol. The minimum Gasteiger partial charge on any atom is -0.308 e. The molecule has 3 nitrogen and oxygen atoms in total. The Morgan fingerprint density at radius 3 is 3.00 bits per heavy atom. The molecule has 1 unspecified atom stereocenters. The lowest BCUT2D eigenvalue weighted by Gasteiger charge is -2.11. The van der Waals surface area contributed by atoms with Crippen molar-refractivity contribution >= 4 is 11.8 Å². The zero-order valence-corrected chi connectivity index (χ0v) is 8.84.